The number of hydrogen-bond acceptors (Lipinski definition) is 3. The molecule has 90 valence electrons. The average Bonchev–Trinajstić information content (AvgIpc) is 2.69. The first-order valence-electron chi connectivity index (χ1n) is 5.76. The largest absolute Gasteiger partial charge is 0.384 e. The normalized spacial score (nSPS) is 10.7. The number of anilines is 1. The Kier molecular flexibility index (Phi) is 3.74. The van der Waals surface area contributed by atoms with Gasteiger partial charge in [-0.2, -0.15) is 5.10 Å². The minimum atomic E-state index is 0.687. The second-order valence-electron chi connectivity index (χ2n) is 4.00. The SMILES string of the molecule is CCCSc1cc(N)n(-c2ccc(C)cc2)n1. The van der Waals surface area contributed by atoms with Crippen molar-refractivity contribution in [2.75, 3.05) is 11.5 Å². The minimum Gasteiger partial charge on any atom is -0.384 e. The fourth-order valence-electron chi connectivity index (χ4n) is 1.54. The van der Waals surface area contributed by atoms with Gasteiger partial charge in [0.25, 0.3) is 0 Å². The van der Waals surface area contributed by atoms with Crippen LogP contribution in [-0.2, 0) is 0 Å². The molecule has 3 nitrogen and oxygen atoms in total. The first-order chi connectivity index (χ1) is 8.20. The van der Waals surface area contributed by atoms with Gasteiger partial charge in [-0.25, -0.2) is 4.68 Å². The molecule has 0 amide bonds. The van der Waals surface area contributed by atoms with E-state index in [4.69, 9.17) is 5.73 Å². The Morgan fingerprint density at radius 3 is 2.65 bits per heavy atom. The maximum atomic E-state index is 5.97. The zero-order valence-electron chi connectivity index (χ0n) is 10.2. The van der Waals surface area contributed by atoms with Crippen molar-refractivity contribution in [2.45, 2.75) is 25.3 Å². The van der Waals surface area contributed by atoms with Gasteiger partial charge in [0.1, 0.15) is 10.8 Å². The Morgan fingerprint density at radius 2 is 2.00 bits per heavy atom. The van der Waals surface area contributed by atoms with Gasteiger partial charge in [0, 0.05) is 6.07 Å². The summed E-state index contributed by atoms with van der Waals surface area (Å²) in [4.78, 5) is 0. The summed E-state index contributed by atoms with van der Waals surface area (Å²) in [6.45, 7) is 4.23. The molecule has 2 N–H and O–H groups in total. The molecule has 0 atom stereocenters. The van der Waals surface area contributed by atoms with Crippen LogP contribution >= 0.6 is 11.8 Å². The van der Waals surface area contributed by atoms with Gasteiger partial charge < -0.3 is 5.73 Å². The van der Waals surface area contributed by atoms with E-state index in [-0.39, 0.29) is 0 Å². The van der Waals surface area contributed by atoms with Crippen molar-refractivity contribution in [2.24, 2.45) is 0 Å². The molecule has 1 aromatic carbocycles. The van der Waals surface area contributed by atoms with Crippen LogP contribution in [0.15, 0.2) is 35.4 Å². The molecule has 0 bridgehead atoms. The van der Waals surface area contributed by atoms with Crippen LogP contribution in [0.2, 0.25) is 0 Å². The van der Waals surface area contributed by atoms with E-state index in [1.54, 1.807) is 16.4 Å². The number of thioether (sulfide) groups is 1. The average molecular weight is 247 g/mol. The van der Waals surface area contributed by atoms with Crippen LogP contribution in [0.1, 0.15) is 18.9 Å². The molecule has 1 heterocycles. The second kappa shape index (κ2) is 5.27. The zero-order valence-corrected chi connectivity index (χ0v) is 11.0. The molecule has 0 radical (unpaired) electrons. The van der Waals surface area contributed by atoms with E-state index < -0.39 is 0 Å². The first kappa shape index (κ1) is 12.0. The van der Waals surface area contributed by atoms with Crippen LogP contribution in [0.25, 0.3) is 5.69 Å². The highest BCUT2D eigenvalue weighted by molar-refractivity contribution is 7.99. The lowest BCUT2D eigenvalue weighted by Crippen LogP contribution is -2.01. The molecule has 4 heteroatoms. The molecule has 0 aliphatic rings. The maximum absolute atomic E-state index is 5.97. The van der Waals surface area contributed by atoms with Crippen molar-refractivity contribution < 1.29 is 0 Å². The molecule has 17 heavy (non-hydrogen) atoms. The van der Waals surface area contributed by atoms with Gasteiger partial charge in [0.05, 0.1) is 5.69 Å². The second-order valence-corrected chi connectivity index (χ2v) is 5.12. The number of hydrogen-bond donors (Lipinski definition) is 1. The van der Waals surface area contributed by atoms with Crippen LogP contribution in [0.4, 0.5) is 5.82 Å². The lowest BCUT2D eigenvalue weighted by molar-refractivity contribution is 0.844. The predicted molar refractivity (Wildman–Crippen MR) is 73.7 cm³/mol. The summed E-state index contributed by atoms with van der Waals surface area (Å²) in [6, 6.07) is 10.1. The molecular formula is C13H17N3S. The summed E-state index contributed by atoms with van der Waals surface area (Å²) in [5.74, 6) is 1.76. The molecule has 0 fully saturated rings. The van der Waals surface area contributed by atoms with Gasteiger partial charge in [0.2, 0.25) is 0 Å². The van der Waals surface area contributed by atoms with E-state index in [1.807, 2.05) is 18.2 Å². The Bertz CT molecular complexity index is 488. The highest BCUT2D eigenvalue weighted by Crippen LogP contribution is 2.22. The third-order valence-electron chi connectivity index (χ3n) is 2.45. The third-order valence-corrected chi connectivity index (χ3v) is 3.55. The van der Waals surface area contributed by atoms with E-state index >= 15 is 0 Å². The smallest absolute Gasteiger partial charge is 0.128 e. The topological polar surface area (TPSA) is 43.8 Å². The van der Waals surface area contributed by atoms with Gasteiger partial charge in [-0.05, 0) is 31.2 Å². The number of rotatable bonds is 4. The van der Waals surface area contributed by atoms with Crippen molar-refractivity contribution in [3.05, 3.63) is 35.9 Å². The minimum absolute atomic E-state index is 0.687. The van der Waals surface area contributed by atoms with Crippen molar-refractivity contribution in [1.82, 2.24) is 9.78 Å². The van der Waals surface area contributed by atoms with Crippen LogP contribution < -0.4 is 5.73 Å². The molecule has 0 saturated carbocycles. The van der Waals surface area contributed by atoms with E-state index in [1.165, 1.54) is 5.56 Å². The fraction of sp³-hybridized carbons (Fsp3) is 0.308. The maximum Gasteiger partial charge on any atom is 0.128 e. The van der Waals surface area contributed by atoms with Gasteiger partial charge in [0.15, 0.2) is 0 Å². The summed E-state index contributed by atoms with van der Waals surface area (Å²) >= 11 is 1.74. The Labute approximate surface area is 106 Å². The first-order valence-corrected chi connectivity index (χ1v) is 6.74. The van der Waals surface area contributed by atoms with E-state index in [2.05, 4.69) is 31.1 Å². The fourth-order valence-corrected chi connectivity index (χ4v) is 2.30. The van der Waals surface area contributed by atoms with Crippen LogP contribution in [0, 0.1) is 6.92 Å². The highest BCUT2D eigenvalue weighted by atomic mass is 32.2. The van der Waals surface area contributed by atoms with E-state index in [9.17, 15) is 0 Å². The lowest BCUT2D eigenvalue weighted by atomic mass is 10.2. The predicted octanol–water partition coefficient (Wildman–Crippen LogP) is 3.27. The van der Waals surface area contributed by atoms with Crippen LogP contribution in [0.3, 0.4) is 0 Å². The highest BCUT2D eigenvalue weighted by Gasteiger charge is 2.06. The Balaban J connectivity index is 2.26. The van der Waals surface area contributed by atoms with Crippen molar-refractivity contribution in [3.63, 3.8) is 0 Å². The Morgan fingerprint density at radius 1 is 1.29 bits per heavy atom. The number of benzene rings is 1. The van der Waals surface area contributed by atoms with E-state index in [0.717, 1.165) is 22.9 Å². The zero-order chi connectivity index (χ0) is 12.3. The lowest BCUT2D eigenvalue weighted by Gasteiger charge is -2.03. The number of aromatic nitrogens is 2. The molecular weight excluding hydrogens is 230 g/mol. The molecule has 2 rings (SSSR count). The van der Waals surface area contributed by atoms with Crippen molar-refractivity contribution in [1.29, 1.82) is 0 Å². The standard InChI is InChI=1S/C13H17N3S/c1-3-8-17-13-9-12(14)16(15-13)11-6-4-10(2)5-7-11/h4-7,9H,3,8,14H2,1-2H3. The van der Waals surface area contributed by atoms with E-state index in [0.29, 0.717) is 5.82 Å². The summed E-state index contributed by atoms with van der Waals surface area (Å²) < 4.78 is 1.79. The molecule has 0 spiro atoms. The monoisotopic (exact) mass is 247 g/mol. The number of nitrogens with two attached hydrogens (primary N) is 1. The number of nitrogens with zero attached hydrogens (tertiary/aromatic N) is 2. The van der Waals surface area contributed by atoms with Crippen LogP contribution in [-0.4, -0.2) is 15.5 Å². The quantitative estimate of drug-likeness (QED) is 0.843. The van der Waals surface area contributed by atoms with Gasteiger partial charge >= 0.3 is 0 Å². The molecule has 0 aliphatic heterocycles. The summed E-state index contributed by atoms with van der Waals surface area (Å²) in [6.07, 6.45) is 1.14. The summed E-state index contributed by atoms with van der Waals surface area (Å²) in [5, 5.41) is 5.49. The number of nitrogen functional groups attached to an aromatic ring is 1. The summed E-state index contributed by atoms with van der Waals surface area (Å²) in [7, 11) is 0. The van der Waals surface area contributed by atoms with Gasteiger partial charge in [-0.3, -0.25) is 0 Å². The van der Waals surface area contributed by atoms with Gasteiger partial charge in [-0.15, -0.1) is 11.8 Å². The molecule has 2 aromatic rings. The molecule has 0 aliphatic carbocycles. The Hall–Kier alpha value is -1.42. The van der Waals surface area contributed by atoms with Crippen molar-refractivity contribution >= 4 is 17.6 Å². The number of aryl methyl sites for hydroxylation is 1. The third kappa shape index (κ3) is 2.82. The van der Waals surface area contributed by atoms with Crippen LogP contribution in [0.5, 0.6) is 0 Å². The molecule has 1 aromatic heterocycles. The van der Waals surface area contributed by atoms with Crippen molar-refractivity contribution in [3.8, 4) is 5.69 Å². The summed E-state index contributed by atoms with van der Waals surface area (Å²) in [5.41, 5.74) is 8.22. The molecule has 0 saturated heterocycles. The molecule has 0 unspecified atom stereocenters. The van der Waals surface area contributed by atoms with Gasteiger partial charge in [-0.1, -0.05) is 24.6 Å².